The Balaban J connectivity index is 1.42. The molecular weight excluding hydrogens is 345 g/mol. The third kappa shape index (κ3) is 4.51. The minimum Gasteiger partial charge on any atom is -0.480 e. The molecule has 0 aliphatic heterocycles. The van der Waals surface area contributed by atoms with Crippen LogP contribution in [0, 0.1) is 5.82 Å². The number of fused-ring (bicyclic) bond motifs is 1. The highest BCUT2D eigenvalue weighted by Crippen LogP contribution is 2.23. The first-order chi connectivity index (χ1) is 12.1. The highest BCUT2D eigenvalue weighted by atomic mass is 35.5. The van der Waals surface area contributed by atoms with Crippen LogP contribution in [0.25, 0.3) is 10.9 Å². The van der Waals surface area contributed by atoms with Crippen molar-refractivity contribution in [3.05, 3.63) is 65.1 Å². The van der Waals surface area contributed by atoms with Crippen molar-refractivity contribution in [1.82, 2.24) is 4.98 Å². The van der Waals surface area contributed by atoms with Crippen molar-refractivity contribution < 1.29 is 18.7 Å². The molecular formula is C19H17ClFNO3. The molecule has 0 radical (unpaired) electrons. The van der Waals surface area contributed by atoms with Gasteiger partial charge in [-0.05, 0) is 48.7 Å². The van der Waals surface area contributed by atoms with Crippen LogP contribution in [0.5, 0.6) is 5.75 Å². The topological polar surface area (TPSA) is 51.3 Å². The average molecular weight is 362 g/mol. The lowest BCUT2D eigenvalue weighted by atomic mass is 10.1. The Bertz CT molecular complexity index is 878. The fourth-order valence-corrected chi connectivity index (χ4v) is 2.74. The van der Waals surface area contributed by atoms with Crippen molar-refractivity contribution >= 4 is 28.5 Å². The smallest absolute Gasteiger partial charge is 0.344 e. The Labute approximate surface area is 149 Å². The van der Waals surface area contributed by atoms with E-state index < -0.39 is 5.97 Å². The minimum atomic E-state index is -0.454. The summed E-state index contributed by atoms with van der Waals surface area (Å²) in [6, 6.07) is 11.6. The maximum Gasteiger partial charge on any atom is 0.344 e. The Morgan fingerprint density at radius 3 is 2.88 bits per heavy atom. The number of benzene rings is 2. The van der Waals surface area contributed by atoms with Gasteiger partial charge in [0.25, 0.3) is 0 Å². The van der Waals surface area contributed by atoms with E-state index in [2.05, 4.69) is 4.98 Å². The molecule has 0 aliphatic carbocycles. The fourth-order valence-electron chi connectivity index (χ4n) is 2.55. The van der Waals surface area contributed by atoms with Crippen LogP contribution in [0.3, 0.4) is 0 Å². The summed E-state index contributed by atoms with van der Waals surface area (Å²) >= 11 is 5.94. The third-order valence-electron chi connectivity index (χ3n) is 3.77. The van der Waals surface area contributed by atoms with E-state index in [1.165, 1.54) is 12.1 Å². The molecule has 0 aliphatic rings. The molecule has 0 saturated carbocycles. The Kier molecular flexibility index (Phi) is 5.56. The van der Waals surface area contributed by atoms with Crippen LogP contribution >= 0.6 is 11.6 Å². The van der Waals surface area contributed by atoms with Crippen LogP contribution in [-0.2, 0) is 16.0 Å². The molecule has 3 aromatic rings. The zero-order valence-electron chi connectivity index (χ0n) is 13.4. The van der Waals surface area contributed by atoms with Crippen molar-refractivity contribution in [3.63, 3.8) is 0 Å². The van der Waals surface area contributed by atoms with Gasteiger partial charge in [0.1, 0.15) is 11.6 Å². The van der Waals surface area contributed by atoms with E-state index in [-0.39, 0.29) is 19.0 Å². The van der Waals surface area contributed by atoms with E-state index in [9.17, 15) is 9.18 Å². The van der Waals surface area contributed by atoms with Crippen LogP contribution in [0.15, 0.2) is 48.7 Å². The SMILES string of the molecule is O=C(COc1ccccc1Cl)OCCCc1c[nH]c2ccc(F)cc12. The monoisotopic (exact) mass is 361 g/mol. The normalized spacial score (nSPS) is 10.8. The summed E-state index contributed by atoms with van der Waals surface area (Å²) in [6.45, 7) is 0.0781. The first-order valence-corrected chi connectivity index (χ1v) is 8.30. The largest absolute Gasteiger partial charge is 0.480 e. The van der Waals surface area contributed by atoms with Gasteiger partial charge in [-0.1, -0.05) is 23.7 Å². The first-order valence-electron chi connectivity index (χ1n) is 7.92. The second-order valence-electron chi connectivity index (χ2n) is 5.55. The predicted octanol–water partition coefficient (Wildman–Crippen LogP) is 4.52. The molecule has 0 amide bonds. The molecule has 0 bridgehead atoms. The van der Waals surface area contributed by atoms with Crippen LogP contribution in [-0.4, -0.2) is 24.2 Å². The van der Waals surface area contributed by atoms with E-state index in [4.69, 9.17) is 21.1 Å². The number of esters is 1. The van der Waals surface area contributed by atoms with Crippen molar-refractivity contribution in [2.24, 2.45) is 0 Å². The molecule has 6 heteroatoms. The maximum atomic E-state index is 13.3. The van der Waals surface area contributed by atoms with Crippen molar-refractivity contribution in [2.75, 3.05) is 13.2 Å². The maximum absolute atomic E-state index is 13.3. The number of hydrogen-bond donors (Lipinski definition) is 1. The number of halogens is 2. The van der Waals surface area contributed by atoms with Gasteiger partial charge in [0.05, 0.1) is 11.6 Å². The Hall–Kier alpha value is -2.53. The molecule has 0 unspecified atom stereocenters. The summed E-state index contributed by atoms with van der Waals surface area (Å²) in [5.74, 6) is -0.275. The molecule has 1 heterocycles. The summed E-state index contributed by atoms with van der Waals surface area (Å²) in [6.07, 6.45) is 3.18. The summed E-state index contributed by atoms with van der Waals surface area (Å²) in [4.78, 5) is 14.8. The Morgan fingerprint density at radius 1 is 1.20 bits per heavy atom. The zero-order chi connectivity index (χ0) is 17.6. The quantitative estimate of drug-likeness (QED) is 0.497. The van der Waals surface area contributed by atoms with E-state index in [1.807, 2.05) is 6.20 Å². The number of aryl methyl sites for hydroxylation is 1. The van der Waals surface area contributed by atoms with Gasteiger partial charge in [0.2, 0.25) is 0 Å². The van der Waals surface area contributed by atoms with E-state index in [0.717, 1.165) is 16.5 Å². The van der Waals surface area contributed by atoms with Gasteiger partial charge < -0.3 is 14.5 Å². The molecule has 2 aromatic carbocycles. The van der Waals surface area contributed by atoms with E-state index >= 15 is 0 Å². The van der Waals surface area contributed by atoms with Gasteiger partial charge in [0, 0.05) is 17.1 Å². The van der Waals surface area contributed by atoms with Gasteiger partial charge >= 0.3 is 5.97 Å². The Morgan fingerprint density at radius 2 is 2.04 bits per heavy atom. The number of aromatic amines is 1. The van der Waals surface area contributed by atoms with Crippen molar-refractivity contribution in [1.29, 1.82) is 0 Å². The van der Waals surface area contributed by atoms with Gasteiger partial charge in [-0.15, -0.1) is 0 Å². The molecule has 3 rings (SSSR count). The van der Waals surface area contributed by atoms with Gasteiger partial charge in [-0.3, -0.25) is 0 Å². The summed E-state index contributed by atoms with van der Waals surface area (Å²) < 4.78 is 23.8. The number of carbonyl (C=O) groups is 1. The standard InChI is InChI=1S/C19H17ClFNO3/c20-16-5-1-2-6-18(16)25-12-19(23)24-9-3-4-13-11-22-17-8-7-14(21)10-15(13)17/h1-2,5-8,10-11,22H,3-4,9,12H2. The van der Waals surface area contributed by atoms with Crippen LogP contribution in [0.2, 0.25) is 5.02 Å². The number of rotatable bonds is 7. The molecule has 0 spiro atoms. The number of aromatic nitrogens is 1. The molecule has 0 saturated heterocycles. The van der Waals surface area contributed by atoms with E-state index in [0.29, 0.717) is 23.6 Å². The number of para-hydroxylation sites is 1. The van der Waals surface area contributed by atoms with Crippen LogP contribution < -0.4 is 4.74 Å². The number of hydrogen-bond acceptors (Lipinski definition) is 3. The summed E-state index contributed by atoms with van der Waals surface area (Å²) in [5.41, 5.74) is 1.89. The summed E-state index contributed by atoms with van der Waals surface area (Å²) in [7, 11) is 0. The van der Waals surface area contributed by atoms with Crippen molar-refractivity contribution in [2.45, 2.75) is 12.8 Å². The number of ether oxygens (including phenoxy) is 2. The lowest BCUT2D eigenvalue weighted by Gasteiger charge is -2.08. The zero-order valence-corrected chi connectivity index (χ0v) is 14.2. The summed E-state index contributed by atoms with van der Waals surface area (Å²) in [5, 5.41) is 1.30. The second-order valence-corrected chi connectivity index (χ2v) is 5.95. The van der Waals surface area contributed by atoms with Gasteiger partial charge in [0.15, 0.2) is 6.61 Å². The lowest BCUT2D eigenvalue weighted by molar-refractivity contribution is -0.146. The fraction of sp³-hybridized carbons (Fsp3) is 0.211. The highest BCUT2D eigenvalue weighted by Gasteiger charge is 2.08. The molecule has 130 valence electrons. The number of carbonyl (C=O) groups excluding carboxylic acids is 1. The average Bonchev–Trinajstić information content (AvgIpc) is 3.00. The number of nitrogens with one attached hydrogen (secondary N) is 1. The second kappa shape index (κ2) is 8.03. The molecule has 25 heavy (non-hydrogen) atoms. The lowest BCUT2D eigenvalue weighted by Crippen LogP contribution is -2.15. The highest BCUT2D eigenvalue weighted by molar-refractivity contribution is 6.32. The third-order valence-corrected chi connectivity index (χ3v) is 4.08. The molecule has 0 atom stereocenters. The van der Waals surface area contributed by atoms with Crippen molar-refractivity contribution in [3.8, 4) is 5.75 Å². The number of H-pyrrole nitrogens is 1. The predicted molar refractivity (Wildman–Crippen MR) is 94.5 cm³/mol. The van der Waals surface area contributed by atoms with Crippen LogP contribution in [0.1, 0.15) is 12.0 Å². The van der Waals surface area contributed by atoms with E-state index in [1.54, 1.807) is 30.3 Å². The van der Waals surface area contributed by atoms with Gasteiger partial charge in [-0.2, -0.15) is 0 Å². The molecule has 1 aromatic heterocycles. The molecule has 1 N–H and O–H groups in total. The molecule has 0 fully saturated rings. The first kappa shape index (κ1) is 17.3. The van der Waals surface area contributed by atoms with Crippen LogP contribution in [0.4, 0.5) is 4.39 Å². The van der Waals surface area contributed by atoms with Gasteiger partial charge in [-0.25, -0.2) is 9.18 Å². The minimum absolute atomic E-state index is 0.192. The molecule has 4 nitrogen and oxygen atoms in total.